The van der Waals surface area contributed by atoms with E-state index in [0.717, 1.165) is 51.1 Å². The molecule has 3 aliphatic rings. The maximum absolute atomic E-state index is 6.69. The Morgan fingerprint density at radius 2 is 2.20 bits per heavy atom. The Morgan fingerprint density at radius 3 is 3.05 bits per heavy atom. The first-order valence-electron chi connectivity index (χ1n) is 7.92. The van der Waals surface area contributed by atoms with Crippen LogP contribution >= 0.6 is 11.8 Å². The minimum atomic E-state index is -0.212. The Labute approximate surface area is 126 Å². The van der Waals surface area contributed by atoms with E-state index in [1.807, 2.05) is 11.8 Å². The van der Waals surface area contributed by atoms with Crippen LogP contribution in [0, 0.1) is 0 Å². The van der Waals surface area contributed by atoms with Crippen LogP contribution in [0.4, 0.5) is 0 Å². The molecule has 0 aliphatic carbocycles. The van der Waals surface area contributed by atoms with Gasteiger partial charge in [0.2, 0.25) is 0 Å². The smallest absolute Gasteiger partial charge is 0.143 e. The average Bonchev–Trinajstić information content (AvgIpc) is 2.42. The fraction of sp³-hybridized carbons (Fsp3) is 0.875. The van der Waals surface area contributed by atoms with Crippen molar-refractivity contribution in [1.82, 2.24) is 0 Å². The van der Waals surface area contributed by atoms with E-state index < -0.39 is 0 Å². The molecule has 0 saturated carbocycles. The van der Waals surface area contributed by atoms with Gasteiger partial charge in [0.25, 0.3) is 0 Å². The molecule has 2 fully saturated rings. The summed E-state index contributed by atoms with van der Waals surface area (Å²) < 4.78 is 18.8. The highest BCUT2D eigenvalue weighted by Crippen LogP contribution is 2.46. The van der Waals surface area contributed by atoms with Crippen molar-refractivity contribution in [3.05, 3.63) is 12.2 Å². The molecule has 2 saturated heterocycles. The molecular weight excluding hydrogens is 272 g/mol. The maximum Gasteiger partial charge on any atom is 0.143 e. The predicted octanol–water partition coefficient (Wildman–Crippen LogP) is 3.53. The Kier molecular flexibility index (Phi) is 4.46. The lowest BCUT2D eigenvalue weighted by Crippen LogP contribution is -2.56. The van der Waals surface area contributed by atoms with Crippen LogP contribution in [-0.4, -0.2) is 41.7 Å². The second kappa shape index (κ2) is 5.99. The number of rotatable bonds is 2. The molecule has 0 aromatic rings. The van der Waals surface area contributed by atoms with E-state index in [2.05, 4.69) is 26.0 Å². The molecular formula is C16H26O3S. The third-order valence-electron chi connectivity index (χ3n) is 4.69. The van der Waals surface area contributed by atoms with Crippen LogP contribution in [0.5, 0.6) is 0 Å². The van der Waals surface area contributed by atoms with E-state index in [9.17, 15) is 0 Å². The van der Waals surface area contributed by atoms with Crippen molar-refractivity contribution in [2.75, 3.05) is 19.0 Å². The first-order chi connectivity index (χ1) is 9.69. The minimum Gasteiger partial charge on any atom is -0.372 e. The molecule has 3 heterocycles. The Hall–Kier alpha value is -0.0300. The lowest BCUT2D eigenvalue weighted by molar-refractivity contribution is -0.218. The van der Waals surface area contributed by atoms with Crippen LogP contribution in [0.1, 0.15) is 46.0 Å². The van der Waals surface area contributed by atoms with Gasteiger partial charge in [-0.2, -0.15) is 0 Å². The van der Waals surface area contributed by atoms with Crippen LogP contribution in [0.3, 0.4) is 0 Å². The summed E-state index contributed by atoms with van der Waals surface area (Å²) in [4.78, 5) is -0.212. The molecule has 0 unspecified atom stereocenters. The Balaban J connectivity index is 1.90. The highest BCUT2D eigenvalue weighted by molar-refractivity contribution is 8.00. The SMILES string of the molecule is CCS[C@]12CCCO[C@@H]1/C=C\C[C@]1(C)OCCC[C@H]1O2. The van der Waals surface area contributed by atoms with Gasteiger partial charge in [0.05, 0.1) is 11.7 Å². The molecule has 0 radical (unpaired) electrons. The van der Waals surface area contributed by atoms with Crippen molar-refractivity contribution in [2.45, 2.75) is 68.7 Å². The Morgan fingerprint density at radius 1 is 1.30 bits per heavy atom. The highest BCUT2D eigenvalue weighted by Gasteiger charge is 2.49. The summed E-state index contributed by atoms with van der Waals surface area (Å²) in [7, 11) is 0. The zero-order valence-corrected chi connectivity index (χ0v) is 13.4. The molecule has 3 rings (SSSR count). The fourth-order valence-corrected chi connectivity index (χ4v) is 4.84. The van der Waals surface area contributed by atoms with Gasteiger partial charge in [0.15, 0.2) is 0 Å². The summed E-state index contributed by atoms with van der Waals surface area (Å²) in [5, 5.41) is 0. The van der Waals surface area contributed by atoms with Crippen molar-refractivity contribution >= 4 is 11.8 Å². The molecule has 3 nitrogen and oxygen atoms in total. The maximum atomic E-state index is 6.69. The van der Waals surface area contributed by atoms with Gasteiger partial charge < -0.3 is 14.2 Å². The normalized spacial score (nSPS) is 46.7. The van der Waals surface area contributed by atoms with Crippen molar-refractivity contribution in [3.8, 4) is 0 Å². The van der Waals surface area contributed by atoms with Crippen LogP contribution in [0.15, 0.2) is 12.2 Å². The average molecular weight is 298 g/mol. The topological polar surface area (TPSA) is 27.7 Å². The fourth-order valence-electron chi connectivity index (χ4n) is 3.57. The molecule has 4 heteroatoms. The minimum absolute atomic E-state index is 0.0904. The molecule has 0 amide bonds. The summed E-state index contributed by atoms with van der Waals surface area (Å²) in [6.45, 7) is 6.11. The second-order valence-corrected chi connectivity index (χ2v) is 7.74. The van der Waals surface area contributed by atoms with Gasteiger partial charge in [0, 0.05) is 13.2 Å². The van der Waals surface area contributed by atoms with Crippen molar-refractivity contribution in [3.63, 3.8) is 0 Å². The van der Waals surface area contributed by atoms with E-state index in [0.29, 0.717) is 0 Å². The van der Waals surface area contributed by atoms with Gasteiger partial charge in [-0.05, 0) is 44.8 Å². The van der Waals surface area contributed by atoms with E-state index in [1.165, 1.54) is 0 Å². The third-order valence-corrected chi connectivity index (χ3v) is 6.00. The number of thioether (sulfide) groups is 1. The predicted molar refractivity (Wildman–Crippen MR) is 82.1 cm³/mol. The number of hydrogen-bond acceptors (Lipinski definition) is 4. The van der Waals surface area contributed by atoms with Gasteiger partial charge in [-0.25, -0.2) is 0 Å². The van der Waals surface area contributed by atoms with Crippen LogP contribution in [0.25, 0.3) is 0 Å². The second-order valence-electron chi connectivity index (χ2n) is 6.18. The largest absolute Gasteiger partial charge is 0.372 e. The van der Waals surface area contributed by atoms with Crippen LogP contribution in [-0.2, 0) is 14.2 Å². The van der Waals surface area contributed by atoms with Crippen molar-refractivity contribution < 1.29 is 14.2 Å². The summed E-state index contributed by atoms with van der Waals surface area (Å²) in [5.74, 6) is 1.05. The monoisotopic (exact) mass is 298 g/mol. The number of hydrogen-bond donors (Lipinski definition) is 0. The number of ether oxygens (including phenoxy) is 3. The van der Waals surface area contributed by atoms with Gasteiger partial charge in [-0.3, -0.25) is 0 Å². The molecule has 20 heavy (non-hydrogen) atoms. The molecule has 0 spiro atoms. The van der Waals surface area contributed by atoms with Crippen molar-refractivity contribution in [2.24, 2.45) is 0 Å². The highest BCUT2D eigenvalue weighted by atomic mass is 32.2. The van der Waals surface area contributed by atoms with Gasteiger partial charge in [-0.15, -0.1) is 11.8 Å². The number of fused-ring (bicyclic) bond motifs is 2. The molecule has 0 aromatic carbocycles. The van der Waals surface area contributed by atoms with E-state index >= 15 is 0 Å². The van der Waals surface area contributed by atoms with Crippen LogP contribution in [0.2, 0.25) is 0 Å². The van der Waals surface area contributed by atoms with Crippen LogP contribution < -0.4 is 0 Å². The van der Waals surface area contributed by atoms with Gasteiger partial charge >= 0.3 is 0 Å². The zero-order valence-electron chi connectivity index (χ0n) is 12.6. The standard InChI is InChI=1S/C16H26O3S/c1-3-20-16-10-6-11-17-14(16)7-4-9-15(2)13(19-16)8-5-12-18-15/h4,7,13-14H,3,5-6,8-12H2,1-2H3/b7-4-/t13-,14-,15+,16-/m1/s1. The van der Waals surface area contributed by atoms with E-state index in [1.54, 1.807) is 0 Å². The summed E-state index contributed by atoms with van der Waals surface area (Å²) in [6, 6.07) is 0. The molecule has 0 bridgehead atoms. The molecule has 114 valence electrons. The van der Waals surface area contributed by atoms with E-state index in [-0.39, 0.29) is 22.7 Å². The lowest BCUT2D eigenvalue weighted by atomic mass is 9.86. The lowest BCUT2D eigenvalue weighted by Gasteiger charge is -2.50. The molecule has 4 atom stereocenters. The van der Waals surface area contributed by atoms with Gasteiger partial charge in [0.1, 0.15) is 11.0 Å². The summed E-state index contributed by atoms with van der Waals surface area (Å²) >= 11 is 1.91. The van der Waals surface area contributed by atoms with Gasteiger partial charge in [-0.1, -0.05) is 19.1 Å². The quantitative estimate of drug-likeness (QED) is 0.729. The summed E-state index contributed by atoms with van der Waals surface area (Å²) in [5.41, 5.74) is -0.168. The zero-order chi connectivity index (χ0) is 14.1. The Bertz CT molecular complexity index is 369. The molecule has 0 aromatic heterocycles. The molecule has 3 aliphatic heterocycles. The summed E-state index contributed by atoms with van der Waals surface area (Å²) in [6.07, 6.45) is 10.0. The molecule has 0 N–H and O–H groups in total. The van der Waals surface area contributed by atoms with Crippen molar-refractivity contribution in [1.29, 1.82) is 0 Å². The first-order valence-corrected chi connectivity index (χ1v) is 8.91. The van der Waals surface area contributed by atoms with E-state index in [4.69, 9.17) is 14.2 Å². The first kappa shape index (κ1) is 14.9. The third kappa shape index (κ3) is 2.68.